The van der Waals surface area contributed by atoms with E-state index in [-0.39, 0.29) is 18.4 Å². The summed E-state index contributed by atoms with van der Waals surface area (Å²) in [5, 5.41) is 28.3. The molecule has 4 aromatic rings. The van der Waals surface area contributed by atoms with Gasteiger partial charge >= 0.3 is 0 Å². The van der Waals surface area contributed by atoms with E-state index in [1.807, 2.05) is 55.6 Å². The highest BCUT2D eigenvalue weighted by molar-refractivity contribution is 7.99. The van der Waals surface area contributed by atoms with Gasteiger partial charge in [0.25, 0.3) is 0 Å². The molecule has 0 aliphatic carbocycles. The fourth-order valence-electron chi connectivity index (χ4n) is 4.83. The molecule has 5 rings (SSSR count). The van der Waals surface area contributed by atoms with Crippen molar-refractivity contribution in [2.45, 2.75) is 30.8 Å². The van der Waals surface area contributed by atoms with Crippen LogP contribution >= 0.6 is 11.8 Å². The SMILES string of the molecule is Cc1cc(Nc2nc(Sc3ccc(NC(=O)CN4CC(CO)C(C(C)C)C4)cc3)nn3cccc23)n[nH]1. The van der Waals surface area contributed by atoms with E-state index < -0.39 is 0 Å². The molecular formula is C26H32N8O2S. The zero-order chi connectivity index (χ0) is 25.9. The van der Waals surface area contributed by atoms with Crippen LogP contribution in [0.1, 0.15) is 19.5 Å². The van der Waals surface area contributed by atoms with Crippen LogP contribution in [0.25, 0.3) is 5.52 Å². The lowest BCUT2D eigenvalue weighted by Gasteiger charge is -2.19. The highest BCUT2D eigenvalue weighted by atomic mass is 32.2. The molecule has 0 spiro atoms. The molecule has 1 aliphatic rings. The minimum atomic E-state index is -0.0489. The summed E-state index contributed by atoms with van der Waals surface area (Å²) in [5.74, 6) is 2.45. The summed E-state index contributed by atoms with van der Waals surface area (Å²) in [6, 6.07) is 13.4. The van der Waals surface area contributed by atoms with E-state index in [1.165, 1.54) is 11.8 Å². The average molecular weight is 521 g/mol. The molecule has 37 heavy (non-hydrogen) atoms. The number of aliphatic hydroxyl groups is 1. The summed E-state index contributed by atoms with van der Waals surface area (Å²) in [6.07, 6.45) is 1.88. The quantitative estimate of drug-likeness (QED) is 0.263. The van der Waals surface area contributed by atoms with Gasteiger partial charge in [0.05, 0.1) is 6.54 Å². The molecule has 1 amide bonds. The minimum Gasteiger partial charge on any atom is -0.396 e. The Morgan fingerprint density at radius 3 is 2.73 bits per heavy atom. The summed E-state index contributed by atoms with van der Waals surface area (Å²) in [7, 11) is 0. The van der Waals surface area contributed by atoms with Crippen LogP contribution < -0.4 is 10.6 Å². The van der Waals surface area contributed by atoms with Crippen LogP contribution in [0, 0.1) is 24.7 Å². The molecule has 4 N–H and O–H groups in total. The number of amides is 1. The van der Waals surface area contributed by atoms with Gasteiger partial charge in [0, 0.05) is 48.2 Å². The maximum atomic E-state index is 12.6. The Labute approximate surface area is 219 Å². The van der Waals surface area contributed by atoms with Gasteiger partial charge in [0.1, 0.15) is 5.52 Å². The number of anilines is 3. The summed E-state index contributed by atoms with van der Waals surface area (Å²) < 4.78 is 1.79. The average Bonchev–Trinajstić information content (AvgIpc) is 3.60. The molecule has 2 unspecified atom stereocenters. The second-order valence-corrected chi connectivity index (χ2v) is 10.9. The minimum absolute atomic E-state index is 0.0489. The predicted molar refractivity (Wildman–Crippen MR) is 144 cm³/mol. The van der Waals surface area contributed by atoms with Crippen molar-refractivity contribution in [3.8, 4) is 0 Å². The first-order chi connectivity index (χ1) is 17.9. The number of carbonyl (C=O) groups is 1. The summed E-state index contributed by atoms with van der Waals surface area (Å²) >= 11 is 1.44. The molecule has 0 saturated carbocycles. The van der Waals surface area contributed by atoms with E-state index in [9.17, 15) is 9.90 Å². The predicted octanol–water partition coefficient (Wildman–Crippen LogP) is 3.79. The van der Waals surface area contributed by atoms with Crippen LogP contribution in [-0.2, 0) is 4.79 Å². The lowest BCUT2D eigenvalue weighted by molar-refractivity contribution is -0.117. The van der Waals surface area contributed by atoms with E-state index in [0.29, 0.717) is 35.2 Å². The maximum absolute atomic E-state index is 12.6. The van der Waals surface area contributed by atoms with Crippen molar-refractivity contribution >= 4 is 40.5 Å². The third-order valence-electron chi connectivity index (χ3n) is 6.70. The van der Waals surface area contributed by atoms with E-state index >= 15 is 0 Å². The Bertz CT molecular complexity index is 1370. The molecule has 3 aromatic heterocycles. The number of aromatic nitrogens is 5. The number of benzene rings is 1. The summed E-state index contributed by atoms with van der Waals surface area (Å²) in [4.78, 5) is 20.4. The van der Waals surface area contributed by atoms with Crippen LogP contribution in [0.5, 0.6) is 0 Å². The monoisotopic (exact) mass is 520 g/mol. The second-order valence-electron chi connectivity index (χ2n) is 9.86. The smallest absolute Gasteiger partial charge is 0.238 e. The molecular weight excluding hydrogens is 488 g/mol. The van der Waals surface area contributed by atoms with Crippen molar-refractivity contribution in [2.75, 3.05) is 36.9 Å². The fraction of sp³-hybridized carbons (Fsp3) is 0.385. The van der Waals surface area contributed by atoms with Crippen molar-refractivity contribution in [2.24, 2.45) is 17.8 Å². The van der Waals surface area contributed by atoms with Crippen molar-refractivity contribution in [1.82, 2.24) is 29.7 Å². The molecule has 194 valence electrons. The fourth-order valence-corrected chi connectivity index (χ4v) is 5.58. The van der Waals surface area contributed by atoms with Gasteiger partial charge in [0.2, 0.25) is 11.1 Å². The van der Waals surface area contributed by atoms with Gasteiger partial charge in [0.15, 0.2) is 11.6 Å². The number of aromatic amines is 1. The van der Waals surface area contributed by atoms with Crippen LogP contribution in [0.4, 0.5) is 17.3 Å². The number of hydrogen-bond acceptors (Lipinski definition) is 8. The largest absolute Gasteiger partial charge is 0.396 e. The molecule has 10 nitrogen and oxygen atoms in total. The number of aliphatic hydroxyl groups excluding tert-OH is 1. The van der Waals surface area contributed by atoms with Crippen LogP contribution in [0.15, 0.2) is 58.7 Å². The number of nitrogens with zero attached hydrogens (tertiary/aromatic N) is 5. The van der Waals surface area contributed by atoms with Crippen LogP contribution in [0.3, 0.4) is 0 Å². The normalized spacial score (nSPS) is 18.1. The molecule has 4 heterocycles. The van der Waals surface area contributed by atoms with Gasteiger partial charge in [-0.15, -0.1) is 5.10 Å². The lowest BCUT2D eigenvalue weighted by atomic mass is 9.87. The van der Waals surface area contributed by atoms with Gasteiger partial charge in [-0.1, -0.05) is 13.8 Å². The number of aryl methyl sites for hydroxylation is 1. The number of carbonyl (C=O) groups excluding carboxylic acids is 1. The third-order valence-corrected chi connectivity index (χ3v) is 7.56. The lowest BCUT2D eigenvalue weighted by Crippen LogP contribution is -2.32. The number of nitrogens with one attached hydrogen (secondary N) is 3. The van der Waals surface area contributed by atoms with Crippen molar-refractivity contribution in [3.05, 3.63) is 54.4 Å². The zero-order valence-corrected chi connectivity index (χ0v) is 22.0. The number of fused-ring (bicyclic) bond motifs is 1. The second kappa shape index (κ2) is 10.9. The molecule has 0 radical (unpaired) electrons. The molecule has 2 atom stereocenters. The Morgan fingerprint density at radius 1 is 1.24 bits per heavy atom. The molecule has 0 bridgehead atoms. The number of hydrogen-bond donors (Lipinski definition) is 4. The standard InChI is InChI=1S/C26H32N8O2S/c1-16(2)21-13-33(12-18(21)15-35)14-24(36)27-19-6-8-20(9-7-19)37-26-29-25(22-5-4-10-34(22)32-26)28-23-11-17(3)30-31-23/h4-11,16,18,21,35H,12-15H2,1-3H3,(H,27,36)(H2,28,29,30,31,32). The molecule has 1 fully saturated rings. The van der Waals surface area contributed by atoms with Crippen LogP contribution in [-0.4, -0.2) is 67.0 Å². The van der Waals surface area contributed by atoms with E-state index in [2.05, 4.69) is 44.7 Å². The Balaban J connectivity index is 1.21. The van der Waals surface area contributed by atoms with Crippen LogP contribution in [0.2, 0.25) is 0 Å². The topological polar surface area (TPSA) is 123 Å². The van der Waals surface area contributed by atoms with E-state index in [0.717, 1.165) is 34.9 Å². The Kier molecular flexibility index (Phi) is 7.45. The van der Waals surface area contributed by atoms with Gasteiger partial charge < -0.3 is 15.7 Å². The van der Waals surface area contributed by atoms with Crippen molar-refractivity contribution in [1.29, 1.82) is 0 Å². The van der Waals surface area contributed by atoms with E-state index in [4.69, 9.17) is 4.98 Å². The van der Waals surface area contributed by atoms with Crippen molar-refractivity contribution < 1.29 is 9.90 Å². The summed E-state index contributed by atoms with van der Waals surface area (Å²) in [6.45, 7) is 8.39. The van der Waals surface area contributed by atoms with Crippen molar-refractivity contribution in [3.63, 3.8) is 0 Å². The Hall–Kier alpha value is -3.41. The van der Waals surface area contributed by atoms with Gasteiger partial charge in [-0.2, -0.15) is 5.10 Å². The first-order valence-electron chi connectivity index (χ1n) is 12.4. The molecule has 1 aromatic carbocycles. The Morgan fingerprint density at radius 2 is 2.05 bits per heavy atom. The van der Waals surface area contributed by atoms with Gasteiger partial charge in [-0.3, -0.25) is 14.8 Å². The highest BCUT2D eigenvalue weighted by Crippen LogP contribution is 2.30. The number of rotatable bonds is 9. The van der Waals surface area contributed by atoms with E-state index in [1.54, 1.807) is 4.52 Å². The number of likely N-dealkylation sites (tertiary alicyclic amines) is 1. The first-order valence-corrected chi connectivity index (χ1v) is 13.2. The number of H-pyrrole nitrogens is 1. The first kappa shape index (κ1) is 25.2. The highest BCUT2D eigenvalue weighted by Gasteiger charge is 2.34. The van der Waals surface area contributed by atoms with Gasteiger partial charge in [-0.05, 0) is 72.8 Å². The summed E-state index contributed by atoms with van der Waals surface area (Å²) in [5.41, 5.74) is 2.55. The molecule has 1 aliphatic heterocycles. The molecule has 11 heteroatoms. The maximum Gasteiger partial charge on any atom is 0.238 e. The molecule has 1 saturated heterocycles. The zero-order valence-electron chi connectivity index (χ0n) is 21.2. The van der Waals surface area contributed by atoms with Gasteiger partial charge in [-0.25, -0.2) is 9.50 Å². The third kappa shape index (κ3) is 5.95.